The van der Waals surface area contributed by atoms with Crippen molar-refractivity contribution in [3.8, 4) is 0 Å². The van der Waals surface area contributed by atoms with Gasteiger partial charge in [0, 0.05) is 17.6 Å². The van der Waals surface area contributed by atoms with Crippen LogP contribution in [0.2, 0.25) is 0 Å². The van der Waals surface area contributed by atoms with Gasteiger partial charge in [0.25, 0.3) is 0 Å². The maximum Gasteiger partial charge on any atom is 0.226 e. The van der Waals surface area contributed by atoms with Gasteiger partial charge in [0.1, 0.15) is 0 Å². The van der Waals surface area contributed by atoms with Crippen molar-refractivity contribution in [1.29, 1.82) is 0 Å². The van der Waals surface area contributed by atoms with Gasteiger partial charge in [-0.3, -0.25) is 4.79 Å². The molecule has 0 spiro atoms. The topological polar surface area (TPSA) is 55.1 Å². The second-order valence-corrected chi connectivity index (χ2v) is 5.90. The SMILES string of the molecule is Cc1cccc(NC(=O)CC2(N)CCCCC2)c1C. The summed E-state index contributed by atoms with van der Waals surface area (Å²) in [4.78, 5) is 12.2. The van der Waals surface area contributed by atoms with E-state index in [0.717, 1.165) is 36.9 Å². The zero-order valence-corrected chi connectivity index (χ0v) is 12.0. The highest BCUT2D eigenvalue weighted by molar-refractivity contribution is 5.92. The van der Waals surface area contributed by atoms with Gasteiger partial charge < -0.3 is 11.1 Å². The van der Waals surface area contributed by atoms with Gasteiger partial charge in [-0.1, -0.05) is 31.4 Å². The summed E-state index contributed by atoms with van der Waals surface area (Å²) in [5.41, 5.74) is 9.26. The van der Waals surface area contributed by atoms with E-state index in [4.69, 9.17) is 5.73 Å². The lowest BCUT2D eigenvalue weighted by molar-refractivity contribution is -0.117. The fourth-order valence-corrected chi connectivity index (χ4v) is 2.83. The molecule has 3 heteroatoms. The van der Waals surface area contributed by atoms with E-state index in [9.17, 15) is 4.79 Å². The lowest BCUT2D eigenvalue weighted by atomic mass is 9.80. The van der Waals surface area contributed by atoms with Crippen LogP contribution in [0.15, 0.2) is 18.2 Å². The number of anilines is 1. The van der Waals surface area contributed by atoms with E-state index in [2.05, 4.69) is 18.3 Å². The molecule has 0 aliphatic heterocycles. The monoisotopic (exact) mass is 260 g/mol. The molecule has 1 aromatic carbocycles. The van der Waals surface area contributed by atoms with Crippen molar-refractivity contribution in [2.24, 2.45) is 5.73 Å². The van der Waals surface area contributed by atoms with Crippen molar-refractivity contribution >= 4 is 11.6 Å². The Kier molecular flexibility index (Phi) is 4.25. The molecule has 19 heavy (non-hydrogen) atoms. The summed E-state index contributed by atoms with van der Waals surface area (Å²) in [5, 5.41) is 3.00. The summed E-state index contributed by atoms with van der Waals surface area (Å²) in [6.45, 7) is 4.08. The van der Waals surface area contributed by atoms with Crippen molar-refractivity contribution in [1.82, 2.24) is 0 Å². The average molecular weight is 260 g/mol. The Morgan fingerprint density at radius 1 is 1.26 bits per heavy atom. The van der Waals surface area contributed by atoms with Crippen LogP contribution >= 0.6 is 0 Å². The first-order chi connectivity index (χ1) is 9.00. The molecule has 0 atom stereocenters. The highest BCUT2D eigenvalue weighted by atomic mass is 16.1. The number of nitrogens with two attached hydrogens (primary N) is 1. The van der Waals surface area contributed by atoms with E-state index in [-0.39, 0.29) is 11.4 Å². The fourth-order valence-electron chi connectivity index (χ4n) is 2.83. The van der Waals surface area contributed by atoms with E-state index >= 15 is 0 Å². The van der Waals surface area contributed by atoms with E-state index < -0.39 is 0 Å². The van der Waals surface area contributed by atoms with Gasteiger partial charge in [-0.2, -0.15) is 0 Å². The third-order valence-corrected chi connectivity index (χ3v) is 4.24. The number of hydrogen-bond donors (Lipinski definition) is 2. The Balaban J connectivity index is 1.99. The van der Waals surface area contributed by atoms with E-state index in [1.165, 1.54) is 12.0 Å². The van der Waals surface area contributed by atoms with Crippen LogP contribution in [0.25, 0.3) is 0 Å². The van der Waals surface area contributed by atoms with Gasteiger partial charge in [-0.25, -0.2) is 0 Å². The second-order valence-electron chi connectivity index (χ2n) is 5.90. The summed E-state index contributed by atoms with van der Waals surface area (Å²) in [6, 6.07) is 5.97. The lowest BCUT2D eigenvalue weighted by Gasteiger charge is -2.32. The van der Waals surface area contributed by atoms with Gasteiger partial charge >= 0.3 is 0 Å². The molecule has 1 fully saturated rings. The molecule has 1 aliphatic rings. The van der Waals surface area contributed by atoms with Crippen LogP contribution in [0.5, 0.6) is 0 Å². The fraction of sp³-hybridized carbons (Fsp3) is 0.562. The molecule has 1 aromatic rings. The molecule has 0 bridgehead atoms. The van der Waals surface area contributed by atoms with Gasteiger partial charge in [0.2, 0.25) is 5.91 Å². The number of aryl methyl sites for hydroxylation is 1. The minimum absolute atomic E-state index is 0.0399. The van der Waals surface area contributed by atoms with Crippen molar-refractivity contribution in [2.75, 3.05) is 5.32 Å². The highest BCUT2D eigenvalue weighted by Crippen LogP contribution is 2.29. The number of benzene rings is 1. The minimum Gasteiger partial charge on any atom is -0.326 e. The summed E-state index contributed by atoms with van der Waals surface area (Å²) >= 11 is 0. The van der Waals surface area contributed by atoms with Crippen LogP contribution in [0.4, 0.5) is 5.69 Å². The first-order valence-corrected chi connectivity index (χ1v) is 7.15. The predicted octanol–water partition coefficient (Wildman–Crippen LogP) is 3.29. The molecule has 1 saturated carbocycles. The molecule has 104 valence electrons. The quantitative estimate of drug-likeness (QED) is 0.876. The molecule has 0 saturated heterocycles. The Bertz CT molecular complexity index is 462. The molecular weight excluding hydrogens is 236 g/mol. The molecule has 1 amide bonds. The largest absolute Gasteiger partial charge is 0.326 e. The first-order valence-electron chi connectivity index (χ1n) is 7.15. The summed E-state index contributed by atoms with van der Waals surface area (Å²) in [7, 11) is 0. The second kappa shape index (κ2) is 5.74. The smallest absolute Gasteiger partial charge is 0.226 e. The van der Waals surface area contributed by atoms with Crippen molar-refractivity contribution in [3.63, 3.8) is 0 Å². The number of rotatable bonds is 3. The summed E-state index contributed by atoms with van der Waals surface area (Å²) in [6.07, 6.45) is 5.90. The van der Waals surface area contributed by atoms with E-state index in [1.807, 2.05) is 19.1 Å². The maximum atomic E-state index is 12.2. The Hall–Kier alpha value is -1.35. The minimum atomic E-state index is -0.292. The molecule has 2 rings (SSSR count). The highest BCUT2D eigenvalue weighted by Gasteiger charge is 2.30. The molecular formula is C16H24N2O. The normalized spacial score (nSPS) is 18.1. The Morgan fingerprint density at radius 2 is 1.95 bits per heavy atom. The third-order valence-electron chi connectivity index (χ3n) is 4.24. The zero-order valence-electron chi connectivity index (χ0n) is 12.0. The van der Waals surface area contributed by atoms with Crippen LogP contribution in [-0.4, -0.2) is 11.4 Å². The number of hydrogen-bond acceptors (Lipinski definition) is 2. The Labute approximate surface area is 115 Å². The lowest BCUT2D eigenvalue weighted by Crippen LogP contribution is -2.44. The Morgan fingerprint density at radius 3 is 2.63 bits per heavy atom. The van der Waals surface area contributed by atoms with Crippen molar-refractivity contribution in [2.45, 2.75) is 57.9 Å². The summed E-state index contributed by atoms with van der Waals surface area (Å²) < 4.78 is 0. The molecule has 0 heterocycles. The maximum absolute atomic E-state index is 12.2. The van der Waals surface area contributed by atoms with Crippen LogP contribution < -0.4 is 11.1 Å². The van der Waals surface area contributed by atoms with Crippen LogP contribution in [0, 0.1) is 13.8 Å². The first kappa shape index (κ1) is 14.1. The molecule has 3 N–H and O–H groups in total. The number of carbonyl (C=O) groups is 1. The van der Waals surface area contributed by atoms with E-state index in [1.54, 1.807) is 0 Å². The molecule has 0 radical (unpaired) electrons. The van der Waals surface area contributed by atoms with Gasteiger partial charge in [-0.15, -0.1) is 0 Å². The number of carbonyl (C=O) groups excluding carboxylic acids is 1. The molecule has 3 nitrogen and oxygen atoms in total. The standard InChI is InChI=1S/C16H24N2O/c1-12-7-6-8-14(13(12)2)18-15(19)11-16(17)9-4-3-5-10-16/h6-8H,3-5,9-11,17H2,1-2H3,(H,18,19). The number of amides is 1. The zero-order chi connectivity index (χ0) is 13.9. The molecule has 0 aromatic heterocycles. The molecule has 1 aliphatic carbocycles. The van der Waals surface area contributed by atoms with Crippen molar-refractivity contribution in [3.05, 3.63) is 29.3 Å². The molecule has 0 unspecified atom stereocenters. The van der Waals surface area contributed by atoms with Crippen LogP contribution in [-0.2, 0) is 4.79 Å². The van der Waals surface area contributed by atoms with Gasteiger partial charge in [0.15, 0.2) is 0 Å². The van der Waals surface area contributed by atoms with Crippen LogP contribution in [0.1, 0.15) is 49.7 Å². The third kappa shape index (κ3) is 3.57. The van der Waals surface area contributed by atoms with E-state index in [0.29, 0.717) is 6.42 Å². The van der Waals surface area contributed by atoms with Crippen molar-refractivity contribution < 1.29 is 4.79 Å². The van der Waals surface area contributed by atoms with Crippen LogP contribution in [0.3, 0.4) is 0 Å². The number of nitrogens with one attached hydrogen (secondary N) is 1. The summed E-state index contributed by atoms with van der Waals surface area (Å²) in [5.74, 6) is 0.0399. The van der Waals surface area contributed by atoms with Gasteiger partial charge in [0.05, 0.1) is 0 Å². The average Bonchev–Trinajstić information content (AvgIpc) is 2.35. The van der Waals surface area contributed by atoms with Gasteiger partial charge in [-0.05, 0) is 43.9 Å². The predicted molar refractivity (Wildman–Crippen MR) is 79.2 cm³/mol.